The first-order valence-electron chi connectivity index (χ1n) is 18.0. The lowest BCUT2D eigenvalue weighted by atomic mass is 10.1. The van der Waals surface area contributed by atoms with Crippen LogP contribution in [0.5, 0.6) is 23.0 Å². The number of nitrogens with one attached hydrogen (secondary N) is 1. The van der Waals surface area contributed by atoms with Crippen molar-refractivity contribution in [1.29, 1.82) is 0 Å². The van der Waals surface area contributed by atoms with Crippen molar-refractivity contribution >= 4 is 67.5 Å². The molecule has 0 unspecified atom stereocenters. The second kappa shape index (κ2) is 20.0. The molecule has 1 heterocycles. The number of ether oxygens (including phenoxy) is 6. The highest BCUT2D eigenvalue weighted by molar-refractivity contribution is 7.22. The number of carbonyl (C=O) groups excluding carboxylic acids is 4. The molecule has 1 N–H and O–H groups in total. The van der Waals surface area contributed by atoms with E-state index in [0.29, 0.717) is 58.5 Å². The fraction of sp³-hybridized carbons (Fsp3) is 0.136. The zero-order valence-electron chi connectivity index (χ0n) is 31.1. The number of thiazole rings is 1. The zero-order chi connectivity index (χ0) is 40.7. The smallest absolute Gasteiger partial charge is 0.343 e. The highest BCUT2D eigenvalue weighted by atomic mass is 32.1. The molecule has 0 amide bonds. The predicted molar refractivity (Wildman–Crippen MR) is 220 cm³/mol. The van der Waals surface area contributed by atoms with Gasteiger partial charge in [0.15, 0.2) is 0 Å². The molecule has 0 atom stereocenters. The summed E-state index contributed by atoms with van der Waals surface area (Å²) in [5.41, 5.74) is 4.86. The Bertz CT molecular complexity index is 2440. The molecule has 294 valence electrons. The number of esters is 4. The molecule has 0 radical (unpaired) electrons. The van der Waals surface area contributed by atoms with Crippen LogP contribution in [0.15, 0.2) is 134 Å². The summed E-state index contributed by atoms with van der Waals surface area (Å²) in [6.07, 6.45) is 4.66. The van der Waals surface area contributed by atoms with Gasteiger partial charge < -0.3 is 28.4 Å². The number of rotatable bonds is 19. The Morgan fingerprint density at radius 1 is 0.655 bits per heavy atom. The maximum Gasteiger partial charge on any atom is 0.343 e. The Balaban J connectivity index is 1.08. The summed E-state index contributed by atoms with van der Waals surface area (Å²) < 4.78 is 33.9. The van der Waals surface area contributed by atoms with E-state index in [2.05, 4.69) is 28.7 Å². The number of hydrazone groups is 1. The summed E-state index contributed by atoms with van der Waals surface area (Å²) in [5, 5.41) is 6.39. The van der Waals surface area contributed by atoms with E-state index < -0.39 is 23.9 Å². The van der Waals surface area contributed by atoms with Gasteiger partial charge >= 0.3 is 23.9 Å². The zero-order valence-corrected chi connectivity index (χ0v) is 31.9. The Morgan fingerprint density at radius 2 is 1.28 bits per heavy atom. The maximum absolute atomic E-state index is 13.5. The minimum absolute atomic E-state index is 0.173. The highest BCUT2D eigenvalue weighted by Crippen LogP contribution is 2.28. The molecule has 0 aliphatic carbocycles. The van der Waals surface area contributed by atoms with Crippen molar-refractivity contribution in [2.75, 3.05) is 31.9 Å². The average Bonchev–Trinajstić information content (AvgIpc) is 3.67. The summed E-state index contributed by atoms with van der Waals surface area (Å²) in [7, 11) is 0. The van der Waals surface area contributed by atoms with Crippen LogP contribution in [0.1, 0.15) is 39.1 Å². The van der Waals surface area contributed by atoms with Gasteiger partial charge in [0.2, 0.25) is 5.13 Å². The molecule has 5 aromatic carbocycles. The Labute approximate surface area is 337 Å². The Hall–Kier alpha value is -7.32. The molecule has 0 aliphatic heterocycles. The summed E-state index contributed by atoms with van der Waals surface area (Å²) in [6.45, 7) is 7.70. The van der Waals surface area contributed by atoms with Crippen molar-refractivity contribution in [1.82, 2.24) is 4.98 Å². The number of aromatic nitrogens is 1. The molecule has 0 fully saturated rings. The first kappa shape index (κ1) is 40.3. The van der Waals surface area contributed by atoms with E-state index in [-0.39, 0.29) is 25.6 Å². The SMILES string of the molecule is C=CC(=O)OCCCOc1ccc(C(=O)Oc2ccc3cc(C(=O)Oc4ccc(OCCCOC(=O)C=C)cc4/C=N/Nc4nc5ccccc5s4)ccc3c2)cc1. The van der Waals surface area contributed by atoms with Gasteiger partial charge in [-0.15, -0.1) is 0 Å². The Morgan fingerprint density at radius 3 is 2.00 bits per heavy atom. The lowest BCUT2D eigenvalue weighted by Gasteiger charge is -2.12. The number of anilines is 1. The van der Waals surface area contributed by atoms with Gasteiger partial charge in [0.1, 0.15) is 23.0 Å². The van der Waals surface area contributed by atoms with Crippen LogP contribution in [-0.4, -0.2) is 61.5 Å². The van der Waals surface area contributed by atoms with Crippen LogP contribution in [0, 0.1) is 0 Å². The molecule has 6 rings (SSSR count). The molecule has 0 spiro atoms. The van der Waals surface area contributed by atoms with Crippen LogP contribution in [0.3, 0.4) is 0 Å². The van der Waals surface area contributed by atoms with E-state index in [1.54, 1.807) is 78.9 Å². The standard InChI is InChI=1S/C44H37N3O10S/c1-3-40(48)54-23-7-21-52-34-16-13-29(14-17-34)42(50)56-36-18-15-30-25-32(12-11-31(30)26-36)43(51)57-38-20-19-35(53-22-8-24-55-41(49)4-2)27-33(38)28-45-47-44-46-37-9-5-6-10-39(37)58-44/h3-6,9-20,25-28H,1-2,7-8,21-24H2,(H,46,47)/b45-28+. The molecule has 14 heteroatoms. The minimum atomic E-state index is -0.604. The summed E-state index contributed by atoms with van der Waals surface area (Å²) in [5.74, 6) is -0.549. The third kappa shape index (κ3) is 11.4. The van der Waals surface area contributed by atoms with Gasteiger partial charge in [0.25, 0.3) is 0 Å². The van der Waals surface area contributed by atoms with Gasteiger partial charge in [-0.25, -0.2) is 24.2 Å². The van der Waals surface area contributed by atoms with Crippen LogP contribution in [0.2, 0.25) is 0 Å². The molecule has 58 heavy (non-hydrogen) atoms. The molecular formula is C44H37N3O10S. The number of para-hydroxylation sites is 1. The van der Waals surface area contributed by atoms with E-state index in [4.69, 9.17) is 28.4 Å². The van der Waals surface area contributed by atoms with Crippen LogP contribution in [0.25, 0.3) is 21.0 Å². The molecule has 0 saturated carbocycles. The van der Waals surface area contributed by atoms with Gasteiger partial charge in [0, 0.05) is 30.6 Å². The van der Waals surface area contributed by atoms with Crippen LogP contribution in [-0.2, 0) is 19.1 Å². The lowest BCUT2D eigenvalue weighted by Crippen LogP contribution is -2.11. The maximum atomic E-state index is 13.5. The third-order valence-electron chi connectivity index (χ3n) is 8.13. The fourth-order valence-electron chi connectivity index (χ4n) is 5.27. The van der Waals surface area contributed by atoms with Crippen molar-refractivity contribution in [3.05, 3.63) is 145 Å². The van der Waals surface area contributed by atoms with E-state index in [9.17, 15) is 19.2 Å². The van der Waals surface area contributed by atoms with Crippen molar-refractivity contribution in [3.8, 4) is 23.0 Å². The van der Waals surface area contributed by atoms with Gasteiger partial charge in [-0.1, -0.05) is 48.8 Å². The monoisotopic (exact) mass is 799 g/mol. The molecular weight excluding hydrogens is 763 g/mol. The summed E-state index contributed by atoms with van der Waals surface area (Å²) in [6, 6.07) is 29.3. The van der Waals surface area contributed by atoms with E-state index >= 15 is 0 Å². The summed E-state index contributed by atoms with van der Waals surface area (Å²) in [4.78, 5) is 53.3. The average molecular weight is 800 g/mol. The van der Waals surface area contributed by atoms with Gasteiger partial charge in [-0.2, -0.15) is 5.10 Å². The number of hydrogen-bond donors (Lipinski definition) is 1. The van der Waals surface area contributed by atoms with Crippen molar-refractivity contribution in [2.24, 2.45) is 5.10 Å². The largest absolute Gasteiger partial charge is 0.493 e. The van der Waals surface area contributed by atoms with Crippen molar-refractivity contribution in [3.63, 3.8) is 0 Å². The van der Waals surface area contributed by atoms with Gasteiger partial charge in [-0.05, 0) is 89.6 Å². The molecule has 0 aliphatic rings. The quantitative estimate of drug-likeness (QED) is 0.0209. The van der Waals surface area contributed by atoms with Crippen molar-refractivity contribution in [2.45, 2.75) is 12.8 Å². The van der Waals surface area contributed by atoms with Crippen molar-refractivity contribution < 1.29 is 47.6 Å². The molecule has 0 saturated heterocycles. The van der Waals surface area contributed by atoms with Crippen LogP contribution in [0.4, 0.5) is 5.13 Å². The minimum Gasteiger partial charge on any atom is -0.493 e. The first-order chi connectivity index (χ1) is 28.3. The molecule has 0 bridgehead atoms. The second-order valence-corrected chi connectivity index (χ2v) is 13.3. The van der Waals surface area contributed by atoms with Crippen LogP contribution >= 0.6 is 11.3 Å². The van der Waals surface area contributed by atoms with E-state index in [1.807, 2.05) is 24.3 Å². The number of nitrogens with zero attached hydrogens (tertiary/aromatic N) is 2. The predicted octanol–water partition coefficient (Wildman–Crippen LogP) is 8.33. The molecule has 1 aromatic heterocycles. The second-order valence-electron chi connectivity index (χ2n) is 12.2. The van der Waals surface area contributed by atoms with E-state index in [0.717, 1.165) is 33.1 Å². The summed E-state index contributed by atoms with van der Waals surface area (Å²) >= 11 is 1.45. The fourth-order valence-corrected chi connectivity index (χ4v) is 6.09. The first-order valence-corrected chi connectivity index (χ1v) is 18.8. The number of benzene rings is 5. The highest BCUT2D eigenvalue weighted by Gasteiger charge is 2.15. The normalized spacial score (nSPS) is 10.8. The van der Waals surface area contributed by atoms with E-state index in [1.165, 1.54) is 17.6 Å². The number of fused-ring (bicyclic) bond motifs is 2. The van der Waals surface area contributed by atoms with Crippen LogP contribution < -0.4 is 24.4 Å². The number of carbonyl (C=O) groups is 4. The topological polar surface area (TPSA) is 161 Å². The van der Waals surface area contributed by atoms with Gasteiger partial charge in [0.05, 0.1) is 54.0 Å². The molecule has 13 nitrogen and oxygen atoms in total. The third-order valence-corrected chi connectivity index (χ3v) is 9.07. The molecule has 6 aromatic rings. The van der Waals surface area contributed by atoms with Gasteiger partial charge in [-0.3, -0.25) is 5.43 Å². The number of hydrogen-bond acceptors (Lipinski definition) is 14. The lowest BCUT2D eigenvalue weighted by molar-refractivity contribution is -0.138. The Kier molecular flexibility index (Phi) is 13.9.